The smallest absolute Gasteiger partial charge is 0.180 e. The van der Waals surface area contributed by atoms with Crippen molar-refractivity contribution in [3.05, 3.63) is 35.6 Å². The molecular weight excluding hydrogens is 169 g/mol. The first kappa shape index (κ1) is 9.71. The fourth-order valence-electron chi connectivity index (χ4n) is 1.05. The molecule has 3 heteroatoms. The lowest BCUT2D eigenvalue weighted by Crippen LogP contribution is -2.00. The van der Waals surface area contributed by atoms with E-state index in [0.29, 0.717) is 12.8 Å². The summed E-state index contributed by atoms with van der Waals surface area (Å²) in [6.07, 6.45) is 1.16. The van der Waals surface area contributed by atoms with Crippen LogP contribution in [-0.4, -0.2) is 13.0 Å². The Hall–Kier alpha value is -1.38. The molecule has 0 fully saturated rings. The molecule has 0 saturated carbocycles. The minimum Gasteiger partial charge on any atom is -0.484 e. The van der Waals surface area contributed by atoms with Crippen LogP contribution in [0.5, 0.6) is 0 Å². The normalized spacial score (nSPS) is 9.69. The van der Waals surface area contributed by atoms with Crippen LogP contribution in [0.3, 0.4) is 0 Å². The van der Waals surface area contributed by atoms with Crippen molar-refractivity contribution in [2.75, 3.05) is 7.11 Å². The van der Waals surface area contributed by atoms with Gasteiger partial charge in [0.15, 0.2) is 5.90 Å². The molecule has 1 aromatic carbocycles. The first-order valence-corrected chi connectivity index (χ1v) is 4.08. The summed E-state index contributed by atoms with van der Waals surface area (Å²) in [5.74, 6) is -0.00860. The summed E-state index contributed by atoms with van der Waals surface area (Å²) >= 11 is 0. The minimum atomic E-state index is -0.235. The number of ether oxygens (including phenoxy) is 1. The van der Waals surface area contributed by atoms with Gasteiger partial charge in [0.2, 0.25) is 0 Å². The molecule has 1 rings (SSSR count). The number of benzene rings is 1. The number of hydrogen-bond donors (Lipinski definition) is 1. The van der Waals surface area contributed by atoms with E-state index < -0.39 is 0 Å². The third-order valence-electron chi connectivity index (χ3n) is 1.78. The van der Waals surface area contributed by atoms with Gasteiger partial charge in [-0.2, -0.15) is 0 Å². The molecule has 0 aliphatic carbocycles. The van der Waals surface area contributed by atoms with E-state index in [1.54, 1.807) is 6.07 Å². The summed E-state index contributed by atoms with van der Waals surface area (Å²) in [6.45, 7) is 0. The van der Waals surface area contributed by atoms with E-state index in [2.05, 4.69) is 0 Å². The van der Waals surface area contributed by atoms with E-state index in [-0.39, 0.29) is 11.7 Å². The predicted octanol–water partition coefficient (Wildman–Crippen LogP) is 2.38. The predicted molar refractivity (Wildman–Crippen MR) is 49.5 cm³/mol. The zero-order chi connectivity index (χ0) is 9.68. The summed E-state index contributed by atoms with van der Waals surface area (Å²) in [6, 6.07) is 6.39. The van der Waals surface area contributed by atoms with Crippen molar-refractivity contribution in [1.29, 1.82) is 5.41 Å². The number of nitrogens with one attached hydrogen (secondary N) is 1. The lowest BCUT2D eigenvalue weighted by molar-refractivity contribution is 0.386. The second-order valence-corrected chi connectivity index (χ2v) is 2.76. The van der Waals surface area contributed by atoms with E-state index in [1.807, 2.05) is 6.07 Å². The number of halogens is 1. The van der Waals surface area contributed by atoms with Crippen LogP contribution in [0.25, 0.3) is 0 Å². The van der Waals surface area contributed by atoms with Gasteiger partial charge in [0.05, 0.1) is 7.11 Å². The first-order valence-electron chi connectivity index (χ1n) is 4.08. The van der Waals surface area contributed by atoms with Crippen molar-refractivity contribution in [3.8, 4) is 0 Å². The van der Waals surface area contributed by atoms with Crippen LogP contribution in [0.1, 0.15) is 12.0 Å². The molecular formula is C10H12FNO. The van der Waals surface area contributed by atoms with Gasteiger partial charge in [-0.05, 0) is 24.1 Å². The van der Waals surface area contributed by atoms with Crippen LogP contribution in [-0.2, 0) is 11.2 Å². The van der Waals surface area contributed by atoms with Crippen LogP contribution in [0.4, 0.5) is 4.39 Å². The Labute approximate surface area is 76.9 Å². The maximum Gasteiger partial charge on any atom is 0.180 e. The van der Waals surface area contributed by atoms with Gasteiger partial charge in [-0.15, -0.1) is 0 Å². The molecule has 0 aliphatic rings. The van der Waals surface area contributed by atoms with Crippen molar-refractivity contribution in [3.63, 3.8) is 0 Å². The van der Waals surface area contributed by atoms with Gasteiger partial charge < -0.3 is 4.74 Å². The van der Waals surface area contributed by atoms with Crippen LogP contribution in [0, 0.1) is 11.2 Å². The fourth-order valence-corrected chi connectivity index (χ4v) is 1.05. The Balaban J connectivity index is 2.50. The quantitative estimate of drug-likeness (QED) is 0.563. The summed E-state index contributed by atoms with van der Waals surface area (Å²) in [4.78, 5) is 0. The van der Waals surface area contributed by atoms with Crippen molar-refractivity contribution < 1.29 is 9.13 Å². The van der Waals surface area contributed by atoms with Crippen molar-refractivity contribution in [2.24, 2.45) is 0 Å². The maximum atomic E-state index is 12.7. The number of methoxy groups -OCH3 is 1. The van der Waals surface area contributed by atoms with Crippen LogP contribution in [0.2, 0.25) is 0 Å². The SMILES string of the molecule is COC(=N)CCc1cccc(F)c1. The average Bonchev–Trinajstić information content (AvgIpc) is 2.14. The van der Waals surface area contributed by atoms with Gasteiger partial charge in [0, 0.05) is 6.42 Å². The Bertz CT molecular complexity index is 299. The number of aryl methyl sites for hydroxylation is 1. The second kappa shape index (κ2) is 4.60. The van der Waals surface area contributed by atoms with Gasteiger partial charge in [-0.25, -0.2) is 4.39 Å². The summed E-state index contributed by atoms with van der Waals surface area (Å²) in [5.41, 5.74) is 0.891. The Kier molecular flexibility index (Phi) is 3.43. The highest BCUT2D eigenvalue weighted by Crippen LogP contribution is 2.06. The summed E-state index contributed by atoms with van der Waals surface area (Å²) < 4.78 is 17.4. The largest absolute Gasteiger partial charge is 0.484 e. The van der Waals surface area contributed by atoms with Crippen LogP contribution < -0.4 is 0 Å². The molecule has 0 bridgehead atoms. The molecule has 0 saturated heterocycles. The van der Waals surface area contributed by atoms with Gasteiger partial charge in [-0.1, -0.05) is 12.1 Å². The van der Waals surface area contributed by atoms with Crippen molar-refractivity contribution >= 4 is 5.90 Å². The monoisotopic (exact) mass is 181 g/mol. The minimum absolute atomic E-state index is 0.226. The number of hydrogen-bond acceptors (Lipinski definition) is 2. The highest BCUT2D eigenvalue weighted by molar-refractivity contribution is 5.72. The number of rotatable bonds is 3. The lowest BCUT2D eigenvalue weighted by atomic mass is 10.1. The molecule has 70 valence electrons. The molecule has 0 radical (unpaired) electrons. The molecule has 2 nitrogen and oxygen atoms in total. The highest BCUT2D eigenvalue weighted by atomic mass is 19.1. The summed E-state index contributed by atoms with van der Waals surface area (Å²) in [5, 5.41) is 7.22. The Morgan fingerprint density at radius 3 is 2.92 bits per heavy atom. The first-order chi connectivity index (χ1) is 6.22. The van der Waals surface area contributed by atoms with Gasteiger partial charge in [-0.3, -0.25) is 5.41 Å². The Morgan fingerprint density at radius 2 is 2.31 bits per heavy atom. The summed E-state index contributed by atoms with van der Waals surface area (Å²) in [7, 11) is 1.47. The van der Waals surface area contributed by atoms with E-state index in [1.165, 1.54) is 19.2 Å². The van der Waals surface area contributed by atoms with E-state index in [0.717, 1.165) is 5.56 Å². The molecule has 0 unspecified atom stereocenters. The molecule has 1 N–H and O–H groups in total. The Morgan fingerprint density at radius 1 is 1.54 bits per heavy atom. The van der Waals surface area contributed by atoms with Gasteiger partial charge in [0.1, 0.15) is 5.82 Å². The van der Waals surface area contributed by atoms with E-state index in [4.69, 9.17) is 10.1 Å². The lowest BCUT2D eigenvalue weighted by Gasteiger charge is -2.02. The highest BCUT2D eigenvalue weighted by Gasteiger charge is 1.98. The topological polar surface area (TPSA) is 33.1 Å². The third kappa shape index (κ3) is 3.23. The zero-order valence-electron chi connectivity index (χ0n) is 7.51. The van der Waals surface area contributed by atoms with Crippen molar-refractivity contribution in [2.45, 2.75) is 12.8 Å². The molecule has 0 spiro atoms. The molecule has 0 atom stereocenters. The van der Waals surface area contributed by atoms with E-state index in [9.17, 15) is 4.39 Å². The van der Waals surface area contributed by atoms with Crippen molar-refractivity contribution in [1.82, 2.24) is 0 Å². The molecule has 0 amide bonds. The van der Waals surface area contributed by atoms with Gasteiger partial charge in [0.25, 0.3) is 0 Å². The molecule has 1 aromatic rings. The van der Waals surface area contributed by atoms with Crippen LogP contribution in [0.15, 0.2) is 24.3 Å². The maximum absolute atomic E-state index is 12.7. The van der Waals surface area contributed by atoms with Crippen LogP contribution >= 0.6 is 0 Å². The third-order valence-corrected chi connectivity index (χ3v) is 1.78. The fraction of sp³-hybridized carbons (Fsp3) is 0.300. The van der Waals surface area contributed by atoms with E-state index >= 15 is 0 Å². The second-order valence-electron chi connectivity index (χ2n) is 2.76. The molecule has 0 heterocycles. The van der Waals surface area contributed by atoms with Gasteiger partial charge >= 0.3 is 0 Å². The zero-order valence-corrected chi connectivity index (χ0v) is 7.51. The molecule has 0 aromatic heterocycles. The standard InChI is InChI=1S/C10H12FNO/c1-13-10(12)6-5-8-3-2-4-9(11)7-8/h2-4,7,12H,5-6H2,1H3. The molecule has 13 heavy (non-hydrogen) atoms. The molecule has 0 aliphatic heterocycles. The average molecular weight is 181 g/mol.